The minimum atomic E-state index is -0.344. The van der Waals surface area contributed by atoms with Crippen LogP contribution in [0.1, 0.15) is 66.7 Å². The first-order chi connectivity index (χ1) is 8.99. The van der Waals surface area contributed by atoms with E-state index in [1.807, 2.05) is 6.92 Å². The van der Waals surface area contributed by atoms with Crippen LogP contribution in [0.4, 0.5) is 0 Å². The Balaban J connectivity index is 3.96. The van der Waals surface area contributed by atoms with Gasteiger partial charge in [0.05, 0.1) is 6.07 Å². The van der Waals surface area contributed by atoms with Gasteiger partial charge in [0.1, 0.15) is 5.54 Å². The lowest BCUT2D eigenvalue weighted by molar-refractivity contribution is 0.215. The number of hydrogen-bond acceptors (Lipinski definition) is 3. The van der Waals surface area contributed by atoms with Crippen LogP contribution < -0.4 is 5.32 Å². The molecule has 0 aliphatic rings. The predicted molar refractivity (Wildman–Crippen MR) is 83.2 cm³/mol. The Morgan fingerprint density at radius 1 is 1.16 bits per heavy atom. The Kier molecular flexibility index (Phi) is 9.91. The van der Waals surface area contributed by atoms with Crippen molar-refractivity contribution >= 4 is 0 Å². The van der Waals surface area contributed by atoms with Gasteiger partial charge in [0.2, 0.25) is 0 Å². The van der Waals surface area contributed by atoms with Crippen molar-refractivity contribution in [2.75, 3.05) is 19.6 Å². The summed E-state index contributed by atoms with van der Waals surface area (Å²) in [5, 5.41) is 12.6. The summed E-state index contributed by atoms with van der Waals surface area (Å²) in [4.78, 5) is 2.53. The van der Waals surface area contributed by atoms with E-state index in [0.29, 0.717) is 6.04 Å². The maximum atomic E-state index is 9.27. The molecule has 0 amide bonds. The van der Waals surface area contributed by atoms with Crippen LogP contribution in [0.2, 0.25) is 0 Å². The maximum Gasteiger partial charge on any atom is 0.103 e. The summed E-state index contributed by atoms with van der Waals surface area (Å²) in [5.41, 5.74) is -0.344. The highest BCUT2D eigenvalue weighted by Crippen LogP contribution is 2.14. The van der Waals surface area contributed by atoms with Gasteiger partial charge < -0.3 is 4.90 Å². The van der Waals surface area contributed by atoms with E-state index >= 15 is 0 Å². The van der Waals surface area contributed by atoms with Crippen molar-refractivity contribution < 1.29 is 0 Å². The predicted octanol–water partition coefficient (Wildman–Crippen LogP) is 3.56. The average Bonchev–Trinajstić information content (AvgIpc) is 2.39. The molecule has 0 spiro atoms. The van der Waals surface area contributed by atoms with Crippen LogP contribution in [0, 0.1) is 11.3 Å². The van der Waals surface area contributed by atoms with Gasteiger partial charge in [0.15, 0.2) is 0 Å². The van der Waals surface area contributed by atoms with Crippen LogP contribution >= 0.6 is 0 Å². The first-order valence-electron chi connectivity index (χ1n) is 7.89. The van der Waals surface area contributed by atoms with Crippen LogP contribution in [-0.4, -0.2) is 36.1 Å². The fourth-order valence-electron chi connectivity index (χ4n) is 2.29. The zero-order valence-electron chi connectivity index (χ0n) is 13.6. The quantitative estimate of drug-likeness (QED) is 0.582. The molecule has 0 radical (unpaired) electrons. The molecule has 0 heterocycles. The van der Waals surface area contributed by atoms with E-state index in [1.54, 1.807) is 0 Å². The largest absolute Gasteiger partial charge is 0.301 e. The van der Waals surface area contributed by atoms with E-state index in [-0.39, 0.29) is 5.54 Å². The van der Waals surface area contributed by atoms with Gasteiger partial charge in [-0.3, -0.25) is 5.32 Å². The van der Waals surface area contributed by atoms with E-state index < -0.39 is 0 Å². The summed E-state index contributed by atoms with van der Waals surface area (Å²) in [6.45, 7) is 14.2. The van der Waals surface area contributed by atoms with Gasteiger partial charge in [-0.2, -0.15) is 5.26 Å². The lowest BCUT2D eigenvalue weighted by Crippen LogP contribution is -2.41. The lowest BCUT2D eigenvalue weighted by atomic mass is 9.96. The Morgan fingerprint density at radius 3 is 2.32 bits per heavy atom. The molecule has 0 saturated carbocycles. The van der Waals surface area contributed by atoms with Crippen molar-refractivity contribution in [2.45, 2.75) is 78.3 Å². The van der Waals surface area contributed by atoms with Gasteiger partial charge >= 0.3 is 0 Å². The molecule has 0 fully saturated rings. The molecule has 0 aromatic carbocycles. The monoisotopic (exact) mass is 267 g/mol. The van der Waals surface area contributed by atoms with Gasteiger partial charge in [-0.25, -0.2) is 0 Å². The molecule has 1 N–H and O–H groups in total. The van der Waals surface area contributed by atoms with Gasteiger partial charge in [-0.15, -0.1) is 0 Å². The Bertz CT molecular complexity index is 257. The van der Waals surface area contributed by atoms with Crippen LogP contribution in [-0.2, 0) is 0 Å². The number of nitriles is 1. The van der Waals surface area contributed by atoms with Crippen molar-refractivity contribution in [3.8, 4) is 6.07 Å². The van der Waals surface area contributed by atoms with Gasteiger partial charge in [-0.05, 0) is 72.5 Å². The van der Waals surface area contributed by atoms with Gasteiger partial charge in [-0.1, -0.05) is 13.8 Å². The van der Waals surface area contributed by atoms with E-state index in [9.17, 15) is 5.26 Å². The van der Waals surface area contributed by atoms with Crippen molar-refractivity contribution in [2.24, 2.45) is 0 Å². The van der Waals surface area contributed by atoms with Gasteiger partial charge in [0.25, 0.3) is 0 Å². The fourth-order valence-corrected chi connectivity index (χ4v) is 2.29. The van der Waals surface area contributed by atoms with Crippen LogP contribution in [0.15, 0.2) is 0 Å². The molecule has 0 saturated heterocycles. The smallest absolute Gasteiger partial charge is 0.103 e. The number of unbranched alkanes of at least 4 members (excludes halogenated alkanes) is 1. The lowest BCUT2D eigenvalue weighted by Gasteiger charge is -2.27. The molecule has 1 atom stereocenters. The Morgan fingerprint density at radius 2 is 1.84 bits per heavy atom. The molecule has 0 rings (SSSR count). The number of hydrogen-bond donors (Lipinski definition) is 1. The summed E-state index contributed by atoms with van der Waals surface area (Å²) in [6, 6.07) is 3.05. The molecule has 112 valence electrons. The Hall–Kier alpha value is -0.590. The first kappa shape index (κ1) is 18.4. The maximum absolute atomic E-state index is 9.27. The normalized spacial score (nSPS) is 14.6. The number of nitrogens with zero attached hydrogens (tertiary/aromatic N) is 2. The highest BCUT2D eigenvalue weighted by atomic mass is 15.1. The SMILES string of the molecule is CCCNC(C)(C#N)CCCCN(CCC)C(C)C. The molecular formula is C16H33N3. The second-order valence-corrected chi connectivity index (χ2v) is 5.96. The second-order valence-electron chi connectivity index (χ2n) is 5.96. The van der Waals surface area contributed by atoms with Crippen LogP contribution in [0.3, 0.4) is 0 Å². The second kappa shape index (κ2) is 10.2. The summed E-state index contributed by atoms with van der Waals surface area (Å²) >= 11 is 0. The molecular weight excluding hydrogens is 234 g/mol. The van der Waals surface area contributed by atoms with Crippen molar-refractivity contribution in [1.29, 1.82) is 5.26 Å². The van der Waals surface area contributed by atoms with Crippen molar-refractivity contribution in [3.63, 3.8) is 0 Å². The van der Waals surface area contributed by atoms with Crippen molar-refractivity contribution in [3.05, 3.63) is 0 Å². The molecule has 0 aliphatic heterocycles. The van der Waals surface area contributed by atoms with Gasteiger partial charge in [0, 0.05) is 6.04 Å². The molecule has 0 aromatic heterocycles. The molecule has 3 nitrogen and oxygen atoms in total. The Labute approximate surface area is 120 Å². The highest BCUT2D eigenvalue weighted by Gasteiger charge is 2.21. The summed E-state index contributed by atoms with van der Waals surface area (Å²) < 4.78 is 0. The summed E-state index contributed by atoms with van der Waals surface area (Å²) in [7, 11) is 0. The summed E-state index contributed by atoms with van der Waals surface area (Å²) in [5.74, 6) is 0. The first-order valence-corrected chi connectivity index (χ1v) is 7.89. The third-order valence-electron chi connectivity index (χ3n) is 3.63. The third kappa shape index (κ3) is 8.23. The molecule has 19 heavy (non-hydrogen) atoms. The van der Waals surface area contributed by atoms with E-state index in [2.05, 4.69) is 44.0 Å². The minimum Gasteiger partial charge on any atom is -0.301 e. The zero-order chi connectivity index (χ0) is 14.7. The van der Waals surface area contributed by atoms with Crippen molar-refractivity contribution in [1.82, 2.24) is 10.2 Å². The molecule has 0 bridgehead atoms. The van der Waals surface area contributed by atoms with Crippen LogP contribution in [0.5, 0.6) is 0 Å². The summed E-state index contributed by atoms with van der Waals surface area (Å²) in [6.07, 6.45) is 5.54. The molecule has 0 aliphatic carbocycles. The van der Waals surface area contributed by atoms with E-state index in [1.165, 1.54) is 19.4 Å². The zero-order valence-corrected chi connectivity index (χ0v) is 13.6. The van der Waals surface area contributed by atoms with E-state index in [0.717, 1.165) is 32.4 Å². The third-order valence-corrected chi connectivity index (χ3v) is 3.63. The standard InChI is InChI=1S/C16H33N3/c1-6-11-18-16(5,14-17)10-8-9-13-19(12-7-2)15(3)4/h15,18H,6-13H2,1-5H3. The van der Waals surface area contributed by atoms with Crippen LogP contribution in [0.25, 0.3) is 0 Å². The molecule has 3 heteroatoms. The van der Waals surface area contributed by atoms with E-state index in [4.69, 9.17) is 0 Å². The molecule has 1 unspecified atom stereocenters. The number of rotatable bonds is 11. The average molecular weight is 267 g/mol. The number of nitrogens with one attached hydrogen (secondary N) is 1. The highest BCUT2D eigenvalue weighted by molar-refractivity contribution is 5.03. The fraction of sp³-hybridized carbons (Fsp3) is 0.938. The minimum absolute atomic E-state index is 0.344. The topological polar surface area (TPSA) is 39.1 Å². The molecule has 0 aromatic rings.